The third kappa shape index (κ3) is 3.00. The molecule has 1 atom stereocenters. The Bertz CT molecular complexity index is 579. The summed E-state index contributed by atoms with van der Waals surface area (Å²) in [5.41, 5.74) is 8.97. The number of H-pyrrole nitrogens is 1. The molecule has 0 saturated carbocycles. The molecule has 1 unspecified atom stereocenters. The lowest BCUT2D eigenvalue weighted by Gasteiger charge is -2.27. The molecule has 2 rings (SSSR count). The van der Waals surface area contributed by atoms with E-state index in [1.54, 1.807) is 12.1 Å². The summed E-state index contributed by atoms with van der Waals surface area (Å²) in [5.74, 6) is 0.690. The van der Waals surface area contributed by atoms with Crippen molar-refractivity contribution in [1.82, 2.24) is 10.2 Å². The van der Waals surface area contributed by atoms with Crippen LogP contribution in [-0.2, 0) is 6.42 Å². The molecule has 1 aromatic heterocycles. The van der Waals surface area contributed by atoms with E-state index in [2.05, 4.69) is 37.9 Å². The van der Waals surface area contributed by atoms with Crippen LogP contribution in [0.4, 0.5) is 10.2 Å². The first kappa shape index (κ1) is 14.6. The summed E-state index contributed by atoms with van der Waals surface area (Å²) >= 11 is 0. The van der Waals surface area contributed by atoms with E-state index in [1.807, 2.05) is 0 Å². The highest BCUT2D eigenvalue weighted by molar-refractivity contribution is 5.76. The van der Waals surface area contributed by atoms with Gasteiger partial charge in [0.2, 0.25) is 0 Å². The number of hydrogen-bond donors (Lipinski definition) is 2. The first-order chi connectivity index (χ1) is 9.29. The summed E-state index contributed by atoms with van der Waals surface area (Å²) in [6.07, 6.45) is 0.862. The van der Waals surface area contributed by atoms with Gasteiger partial charge in [-0.25, -0.2) is 4.39 Å². The third-order valence-corrected chi connectivity index (χ3v) is 3.99. The van der Waals surface area contributed by atoms with Gasteiger partial charge < -0.3 is 5.73 Å². The Kier molecular flexibility index (Phi) is 3.84. The number of nitrogens with zero attached hydrogens (tertiary/aromatic N) is 1. The number of hydrogen-bond acceptors (Lipinski definition) is 2. The fourth-order valence-electron chi connectivity index (χ4n) is 2.09. The molecule has 3 N–H and O–H groups in total. The molecule has 1 aromatic carbocycles. The molecule has 4 heteroatoms. The molecule has 0 aliphatic heterocycles. The van der Waals surface area contributed by atoms with E-state index >= 15 is 0 Å². The van der Waals surface area contributed by atoms with E-state index in [-0.39, 0.29) is 11.2 Å². The maximum Gasteiger partial charge on any atom is 0.153 e. The van der Waals surface area contributed by atoms with Crippen molar-refractivity contribution in [2.45, 2.75) is 34.1 Å². The standard InChI is InChI=1S/C16H22FN3/c1-10(16(2,3)4)9-13-14(15(18)20-19-13)11-5-7-12(17)8-6-11/h5-8,10H,9H2,1-4H3,(H3,18,19,20). The Labute approximate surface area is 119 Å². The number of aromatic amines is 1. The van der Waals surface area contributed by atoms with Crippen molar-refractivity contribution in [3.63, 3.8) is 0 Å². The minimum atomic E-state index is -0.250. The average molecular weight is 275 g/mol. The van der Waals surface area contributed by atoms with Gasteiger partial charge in [-0.1, -0.05) is 39.8 Å². The minimum absolute atomic E-state index is 0.208. The minimum Gasteiger partial charge on any atom is -0.382 e. The maximum atomic E-state index is 13.0. The van der Waals surface area contributed by atoms with Gasteiger partial charge in [0.1, 0.15) is 5.82 Å². The molecular weight excluding hydrogens is 253 g/mol. The predicted octanol–water partition coefficient (Wildman–Crippen LogP) is 4.02. The van der Waals surface area contributed by atoms with Gasteiger partial charge in [0.25, 0.3) is 0 Å². The second-order valence-electron chi connectivity index (χ2n) is 6.44. The lowest BCUT2D eigenvalue weighted by molar-refractivity contribution is 0.258. The van der Waals surface area contributed by atoms with Crippen molar-refractivity contribution < 1.29 is 4.39 Å². The topological polar surface area (TPSA) is 54.7 Å². The van der Waals surface area contributed by atoms with Crippen LogP contribution in [-0.4, -0.2) is 10.2 Å². The zero-order valence-electron chi connectivity index (χ0n) is 12.5. The Morgan fingerprint density at radius 2 is 1.85 bits per heavy atom. The Morgan fingerprint density at radius 1 is 1.25 bits per heavy atom. The highest BCUT2D eigenvalue weighted by Gasteiger charge is 2.23. The van der Waals surface area contributed by atoms with Gasteiger partial charge in [-0.05, 0) is 35.4 Å². The second-order valence-corrected chi connectivity index (χ2v) is 6.44. The summed E-state index contributed by atoms with van der Waals surface area (Å²) in [4.78, 5) is 0. The number of nitrogens with one attached hydrogen (secondary N) is 1. The van der Waals surface area contributed by atoms with Crippen LogP contribution < -0.4 is 5.73 Å². The van der Waals surface area contributed by atoms with Crippen LogP contribution in [0.1, 0.15) is 33.4 Å². The van der Waals surface area contributed by atoms with Crippen molar-refractivity contribution in [1.29, 1.82) is 0 Å². The van der Waals surface area contributed by atoms with Gasteiger partial charge in [-0.15, -0.1) is 0 Å². The van der Waals surface area contributed by atoms with Crippen molar-refractivity contribution in [3.8, 4) is 11.1 Å². The fourth-order valence-corrected chi connectivity index (χ4v) is 2.09. The van der Waals surface area contributed by atoms with Gasteiger partial charge in [0, 0.05) is 11.3 Å². The summed E-state index contributed by atoms with van der Waals surface area (Å²) < 4.78 is 13.0. The van der Waals surface area contributed by atoms with Crippen LogP contribution >= 0.6 is 0 Å². The van der Waals surface area contributed by atoms with Gasteiger partial charge in [-0.3, -0.25) is 5.10 Å². The largest absolute Gasteiger partial charge is 0.382 e. The lowest BCUT2D eigenvalue weighted by atomic mass is 9.79. The molecule has 108 valence electrons. The SMILES string of the molecule is CC(Cc1[nH]nc(N)c1-c1ccc(F)cc1)C(C)(C)C. The van der Waals surface area contributed by atoms with E-state index in [0.717, 1.165) is 23.2 Å². The predicted molar refractivity (Wildman–Crippen MR) is 80.7 cm³/mol. The van der Waals surface area contributed by atoms with Gasteiger partial charge >= 0.3 is 0 Å². The van der Waals surface area contributed by atoms with Crippen LogP contribution in [0, 0.1) is 17.2 Å². The highest BCUT2D eigenvalue weighted by atomic mass is 19.1. The normalized spacial score (nSPS) is 13.4. The molecule has 0 saturated heterocycles. The number of anilines is 1. The number of rotatable bonds is 3. The summed E-state index contributed by atoms with van der Waals surface area (Å²) in [6, 6.07) is 6.36. The molecule has 3 nitrogen and oxygen atoms in total. The fraction of sp³-hybridized carbons (Fsp3) is 0.438. The van der Waals surface area contributed by atoms with Gasteiger partial charge in [-0.2, -0.15) is 5.10 Å². The molecule has 0 spiro atoms. The highest BCUT2D eigenvalue weighted by Crippen LogP contribution is 2.34. The van der Waals surface area contributed by atoms with Crippen LogP contribution in [0.5, 0.6) is 0 Å². The quantitative estimate of drug-likeness (QED) is 0.888. The third-order valence-electron chi connectivity index (χ3n) is 3.99. The second kappa shape index (κ2) is 5.27. The number of benzene rings is 1. The zero-order valence-corrected chi connectivity index (χ0v) is 12.5. The van der Waals surface area contributed by atoms with Crippen LogP contribution in [0.2, 0.25) is 0 Å². The molecular formula is C16H22FN3. The Morgan fingerprint density at radius 3 is 2.40 bits per heavy atom. The maximum absolute atomic E-state index is 13.0. The molecule has 0 bridgehead atoms. The van der Waals surface area contributed by atoms with Crippen LogP contribution in [0.3, 0.4) is 0 Å². The van der Waals surface area contributed by atoms with Crippen molar-refractivity contribution in [2.24, 2.45) is 11.3 Å². The summed E-state index contributed by atoms with van der Waals surface area (Å²) in [7, 11) is 0. The first-order valence-electron chi connectivity index (χ1n) is 6.87. The van der Waals surface area contributed by atoms with E-state index in [1.165, 1.54) is 12.1 Å². The molecule has 20 heavy (non-hydrogen) atoms. The van der Waals surface area contributed by atoms with Gasteiger partial charge in [0.05, 0.1) is 0 Å². The molecule has 0 aliphatic rings. The van der Waals surface area contributed by atoms with Crippen molar-refractivity contribution >= 4 is 5.82 Å². The molecule has 0 fully saturated rings. The van der Waals surface area contributed by atoms with Crippen molar-refractivity contribution in [2.75, 3.05) is 5.73 Å². The molecule has 0 aliphatic carbocycles. The molecule has 0 amide bonds. The summed E-state index contributed by atoms with van der Waals surface area (Å²) in [6.45, 7) is 8.87. The van der Waals surface area contributed by atoms with E-state index in [0.29, 0.717) is 11.7 Å². The monoisotopic (exact) mass is 275 g/mol. The zero-order chi connectivity index (χ0) is 14.9. The first-order valence-corrected chi connectivity index (χ1v) is 6.87. The van der Waals surface area contributed by atoms with E-state index in [4.69, 9.17) is 5.73 Å². The van der Waals surface area contributed by atoms with Gasteiger partial charge in [0.15, 0.2) is 5.82 Å². The Hall–Kier alpha value is -1.84. The molecule has 2 aromatic rings. The number of aromatic nitrogens is 2. The average Bonchev–Trinajstić information content (AvgIpc) is 2.71. The van der Waals surface area contributed by atoms with Crippen LogP contribution in [0.15, 0.2) is 24.3 Å². The number of halogens is 1. The summed E-state index contributed by atoms with van der Waals surface area (Å²) in [5, 5.41) is 7.13. The van der Waals surface area contributed by atoms with Crippen molar-refractivity contribution in [3.05, 3.63) is 35.8 Å². The smallest absolute Gasteiger partial charge is 0.153 e. The lowest BCUT2D eigenvalue weighted by Crippen LogP contribution is -2.19. The molecule has 0 radical (unpaired) electrons. The number of nitrogens with two attached hydrogens (primary N) is 1. The van der Waals surface area contributed by atoms with E-state index < -0.39 is 0 Å². The van der Waals surface area contributed by atoms with Crippen LogP contribution in [0.25, 0.3) is 11.1 Å². The number of nitrogen functional groups attached to an aromatic ring is 1. The van der Waals surface area contributed by atoms with E-state index in [9.17, 15) is 4.39 Å². The Balaban J connectivity index is 2.35. The molecule has 1 heterocycles.